The van der Waals surface area contributed by atoms with Gasteiger partial charge in [0.1, 0.15) is 0 Å². The van der Waals surface area contributed by atoms with E-state index in [0.717, 1.165) is 19.3 Å². The summed E-state index contributed by atoms with van der Waals surface area (Å²) < 4.78 is 0. The Morgan fingerprint density at radius 3 is 2.80 bits per heavy atom. The van der Waals surface area contributed by atoms with Crippen molar-refractivity contribution in [3.8, 4) is 0 Å². The fourth-order valence-corrected chi connectivity index (χ4v) is 2.03. The van der Waals surface area contributed by atoms with Crippen molar-refractivity contribution < 1.29 is 4.79 Å². The van der Waals surface area contributed by atoms with Crippen molar-refractivity contribution in [3.05, 3.63) is 47.5 Å². The summed E-state index contributed by atoms with van der Waals surface area (Å²) in [6.45, 7) is 7.05. The lowest BCUT2D eigenvalue weighted by molar-refractivity contribution is -0.121. The second-order valence-corrected chi connectivity index (χ2v) is 5.68. The predicted octanol–water partition coefficient (Wildman–Crippen LogP) is 4.38. The molecule has 0 fully saturated rings. The van der Waals surface area contributed by atoms with Gasteiger partial charge >= 0.3 is 0 Å². The highest BCUT2D eigenvalue weighted by Gasteiger charge is 2.01. The monoisotopic (exact) mass is 273 g/mol. The van der Waals surface area contributed by atoms with E-state index in [1.54, 1.807) is 0 Å². The van der Waals surface area contributed by atoms with E-state index >= 15 is 0 Å². The first kappa shape index (κ1) is 16.5. The van der Waals surface area contributed by atoms with Crippen LogP contribution in [0.4, 0.5) is 0 Å². The molecule has 1 aromatic rings. The fourth-order valence-electron chi connectivity index (χ4n) is 2.03. The number of unbranched alkanes of at least 4 members (excludes halogenated alkanes) is 2. The van der Waals surface area contributed by atoms with Crippen LogP contribution in [0.2, 0.25) is 0 Å². The van der Waals surface area contributed by atoms with Crippen molar-refractivity contribution >= 4 is 5.91 Å². The molecular formula is C18H27NO. The Hall–Kier alpha value is -1.57. The number of rotatable bonds is 8. The van der Waals surface area contributed by atoms with Gasteiger partial charge in [-0.1, -0.05) is 55.8 Å². The molecule has 0 aliphatic carbocycles. The zero-order valence-electron chi connectivity index (χ0n) is 13.0. The Morgan fingerprint density at radius 1 is 1.30 bits per heavy atom. The summed E-state index contributed by atoms with van der Waals surface area (Å²) >= 11 is 0. The van der Waals surface area contributed by atoms with Crippen LogP contribution in [-0.2, 0) is 11.3 Å². The molecule has 0 aromatic heterocycles. The molecule has 1 rings (SSSR count). The molecule has 20 heavy (non-hydrogen) atoms. The molecule has 0 spiro atoms. The van der Waals surface area contributed by atoms with E-state index in [1.807, 2.05) is 12.1 Å². The number of hydrogen-bond acceptors (Lipinski definition) is 1. The molecule has 0 bridgehead atoms. The normalized spacial score (nSPS) is 11.2. The molecule has 0 radical (unpaired) electrons. The molecule has 0 aliphatic rings. The van der Waals surface area contributed by atoms with Crippen LogP contribution in [0.3, 0.4) is 0 Å². The van der Waals surface area contributed by atoms with Crippen LogP contribution in [0.15, 0.2) is 36.4 Å². The topological polar surface area (TPSA) is 29.1 Å². The minimum absolute atomic E-state index is 0.152. The van der Waals surface area contributed by atoms with E-state index in [-0.39, 0.29) is 5.91 Å². The van der Waals surface area contributed by atoms with Gasteiger partial charge in [-0.05, 0) is 37.7 Å². The Morgan fingerprint density at radius 2 is 2.10 bits per heavy atom. The Kier molecular flexibility index (Phi) is 7.71. The lowest BCUT2D eigenvalue weighted by Crippen LogP contribution is -2.22. The van der Waals surface area contributed by atoms with E-state index in [0.29, 0.717) is 18.9 Å². The molecule has 0 aliphatic heterocycles. The van der Waals surface area contributed by atoms with Gasteiger partial charge in [-0.25, -0.2) is 0 Å². The highest BCUT2D eigenvalue weighted by molar-refractivity contribution is 5.75. The number of carbonyl (C=O) groups excluding carboxylic acids is 1. The summed E-state index contributed by atoms with van der Waals surface area (Å²) in [4.78, 5) is 11.7. The maximum absolute atomic E-state index is 11.7. The van der Waals surface area contributed by atoms with E-state index < -0.39 is 0 Å². The number of amides is 1. The molecule has 1 N–H and O–H groups in total. The molecule has 0 heterocycles. The number of allylic oxidation sites excluding steroid dienone is 2. The van der Waals surface area contributed by atoms with Crippen LogP contribution < -0.4 is 5.32 Å². The van der Waals surface area contributed by atoms with E-state index in [4.69, 9.17) is 0 Å². The van der Waals surface area contributed by atoms with Crippen LogP contribution >= 0.6 is 0 Å². The van der Waals surface area contributed by atoms with E-state index in [1.165, 1.54) is 11.1 Å². The standard InChI is InChI=1S/C18H27NO/c1-15(2)9-6-4-5-7-12-18(20)19-14-17-11-8-10-16(3)13-17/h6,8-11,13,15H,4-5,7,12,14H2,1-3H3,(H,19,20)/b9-6+. The first-order chi connectivity index (χ1) is 9.58. The van der Waals surface area contributed by atoms with Crippen LogP contribution in [0.5, 0.6) is 0 Å². The molecular weight excluding hydrogens is 246 g/mol. The minimum atomic E-state index is 0.152. The van der Waals surface area contributed by atoms with Gasteiger partial charge in [-0.15, -0.1) is 0 Å². The predicted molar refractivity (Wildman–Crippen MR) is 85.5 cm³/mol. The maximum atomic E-state index is 11.7. The van der Waals surface area contributed by atoms with Gasteiger partial charge in [-0.3, -0.25) is 4.79 Å². The van der Waals surface area contributed by atoms with Gasteiger partial charge in [0.05, 0.1) is 0 Å². The SMILES string of the molecule is Cc1cccc(CNC(=O)CCCC/C=C/C(C)C)c1. The van der Waals surface area contributed by atoms with E-state index in [2.05, 4.69) is 50.4 Å². The zero-order valence-corrected chi connectivity index (χ0v) is 13.0. The van der Waals surface area contributed by atoms with Crippen LogP contribution in [0.25, 0.3) is 0 Å². The third-order valence-corrected chi connectivity index (χ3v) is 3.12. The summed E-state index contributed by atoms with van der Waals surface area (Å²) in [5.74, 6) is 0.770. The van der Waals surface area contributed by atoms with Gasteiger partial charge in [0.15, 0.2) is 0 Å². The number of aryl methyl sites for hydroxylation is 1. The molecule has 0 saturated heterocycles. The van der Waals surface area contributed by atoms with Crippen molar-refractivity contribution in [1.29, 1.82) is 0 Å². The zero-order chi connectivity index (χ0) is 14.8. The van der Waals surface area contributed by atoms with Crippen LogP contribution in [0.1, 0.15) is 50.7 Å². The quantitative estimate of drug-likeness (QED) is 0.552. The molecule has 1 aromatic carbocycles. The molecule has 0 atom stereocenters. The Labute approximate surface area is 123 Å². The van der Waals surface area contributed by atoms with Crippen molar-refractivity contribution in [1.82, 2.24) is 5.32 Å². The summed E-state index contributed by atoms with van der Waals surface area (Å²) in [6.07, 6.45) is 8.18. The second kappa shape index (κ2) is 9.35. The first-order valence-electron chi connectivity index (χ1n) is 7.57. The third kappa shape index (κ3) is 7.78. The summed E-state index contributed by atoms with van der Waals surface area (Å²) in [6, 6.07) is 8.24. The maximum Gasteiger partial charge on any atom is 0.220 e. The molecule has 1 amide bonds. The van der Waals surface area contributed by atoms with Gasteiger partial charge in [0.25, 0.3) is 0 Å². The Bertz CT molecular complexity index is 435. The van der Waals surface area contributed by atoms with Gasteiger partial charge in [0, 0.05) is 13.0 Å². The number of carbonyl (C=O) groups is 1. The van der Waals surface area contributed by atoms with Crippen molar-refractivity contribution in [2.75, 3.05) is 0 Å². The summed E-state index contributed by atoms with van der Waals surface area (Å²) in [7, 11) is 0. The molecule has 2 nitrogen and oxygen atoms in total. The van der Waals surface area contributed by atoms with Gasteiger partial charge < -0.3 is 5.32 Å². The lowest BCUT2D eigenvalue weighted by Gasteiger charge is -2.06. The average molecular weight is 273 g/mol. The third-order valence-electron chi connectivity index (χ3n) is 3.12. The Balaban J connectivity index is 2.12. The summed E-state index contributed by atoms with van der Waals surface area (Å²) in [5.41, 5.74) is 2.40. The molecule has 110 valence electrons. The van der Waals surface area contributed by atoms with E-state index in [9.17, 15) is 4.79 Å². The van der Waals surface area contributed by atoms with Crippen molar-refractivity contribution in [2.24, 2.45) is 5.92 Å². The van der Waals surface area contributed by atoms with Crippen LogP contribution in [0, 0.1) is 12.8 Å². The molecule has 2 heteroatoms. The summed E-state index contributed by atoms with van der Waals surface area (Å²) in [5, 5.41) is 2.98. The van der Waals surface area contributed by atoms with Gasteiger partial charge in [0.2, 0.25) is 5.91 Å². The average Bonchev–Trinajstić information content (AvgIpc) is 2.40. The highest BCUT2D eigenvalue weighted by atomic mass is 16.1. The van der Waals surface area contributed by atoms with Crippen molar-refractivity contribution in [2.45, 2.75) is 53.0 Å². The molecule has 0 unspecified atom stereocenters. The van der Waals surface area contributed by atoms with Gasteiger partial charge in [-0.2, -0.15) is 0 Å². The minimum Gasteiger partial charge on any atom is -0.352 e. The largest absolute Gasteiger partial charge is 0.352 e. The number of nitrogens with one attached hydrogen (secondary N) is 1. The second-order valence-electron chi connectivity index (χ2n) is 5.68. The highest BCUT2D eigenvalue weighted by Crippen LogP contribution is 2.05. The number of benzene rings is 1. The fraction of sp³-hybridized carbons (Fsp3) is 0.500. The number of hydrogen-bond donors (Lipinski definition) is 1. The lowest BCUT2D eigenvalue weighted by atomic mass is 10.1. The molecule has 0 saturated carbocycles. The van der Waals surface area contributed by atoms with Crippen LogP contribution in [-0.4, -0.2) is 5.91 Å². The first-order valence-corrected chi connectivity index (χ1v) is 7.57. The smallest absolute Gasteiger partial charge is 0.220 e. The van der Waals surface area contributed by atoms with Crippen molar-refractivity contribution in [3.63, 3.8) is 0 Å².